The van der Waals surface area contributed by atoms with Crippen molar-refractivity contribution < 1.29 is 4.74 Å². The summed E-state index contributed by atoms with van der Waals surface area (Å²) in [5.74, 6) is 1.52. The Hall–Kier alpha value is -2.39. The maximum Gasteiger partial charge on any atom is 0.213 e. The molecule has 1 aliphatic rings. The first-order valence-corrected chi connectivity index (χ1v) is 10.0. The molecular formula is C24H28N2O. The van der Waals surface area contributed by atoms with Gasteiger partial charge >= 0.3 is 0 Å². The number of hydrogen-bond acceptors (Lipinski definition) is 3. The molecule has 0 spiro atoms. The number of rotatable bonds is 6. The van der Waals surface area contributed by atoms with Crippen LogP contribution in [0, 0.1) is 5.92 Å². The smallest absolute Gasteiger partial charge is 0.213 e. The van der Waals surface area contributed by atoms with E-state index in [-0.39, 0.29) is 0 Å². The number of para-hydroxylation sites is 1. The lowest BCUT2D eigenvalue weighted by Gasteiger charge is -2.32. The first-order chi connectivity index (χ1) is 13.3. The molecule has 0 unspecified atom stereocenters. The summed E-state index contributed by atoms with van der Waals surface area (Å²) in [4.78, 5) is 7.28. The van der Waals surface area contributed by atoms with Crippen molar-refractivity contribution >= 4 is 10.9 Å². The Morgan fingerprint density at radius 3 is 2.56 bits per heavy atom. The molecule has 0 N–H and O–H groups in total. The van der Waals surface area contributed by atoms with Gasteiger partial charge in [-0.2, -0.15) is 0 Å². The topological polar surface area (TPSA) is 25.4 Å². The van der Waals surface area contributed by atoms with Crippen LogP contribution in [0.25, 0.3) is 10.9 Å². The quantitative estimate of drug-likeness (QED) is 0.612. The average molecular weight is 361 g/mol. The number of hydrogen-bond donors (Lipinski definition) is 0. The van der Waals surface area contributed by atoms with Gasteiger partial charge in [0, 0.05) is 18.0 Å². The number of pyridine rings is 1. The SMILES string of the molecule is COc1ccc2cccc(CCC3CCN(Cc4ccccc4)CC3)c2n1. The summed E-state index contributed by atoms with van der Waals surface area (Å²) < 4.78 is 5.32. The van der Waals surface area contributed by atoms with E-state index in [2.05, 4.69) is 64.5 Å². The first kappa shape index (κ1) is 18.0. The molecule has 3 heteroatoms. The number of aromatic nitrogens is 1. The molecule has 1 fully saturated rings. The lowest BCUT2D eigenvalue weighted by Crippen LogP contribution is -2.33. The number of likely N-dealkylation sites (tertiary alicyclic amines) is 1. The molecular weight excluding hydrogens is 332 g/mol. The fourth-order valence-corrected chi connectivity index (χ4v) is 4.14. The van der Waals surface area contributed by atoms with Crippen LogP contribution in [0.1, 0.15) is 30.4 Å². The molecule has 0 saturated carbocycles. The highest BCUT2D eigenvalue weighted by Crippen LogP contribution is 2.26. The van der Waals surface area contributed by atoms with E-state index in [4.69, 9.17) is 4.74 Å². The van der Waals surface area contributed by atoms with Crippen LogP contribution in [0.2, 0.25) is 0 Å². The number of ether oxygens (including phenoxy) is 1. The van der Waals surface area contributed by atoms with Crippen LogP contribution >= 0.6 is 0 Å². The van der Waals surface area contributed by atoms with Crippen molar-refractivity contribution in [1.29, 1.82) is 0 Å². The highest BCUT2D eigenvalue weighted by atomic mass is 16.5. The third-order valence-corrected chi connectivity index (χ3v) is 5.77. The maximum absolute atomic E-state index is 5.32. The second-order valence-corrected chi connectivity index (χ2v) is 7.59. The Morgan fingerprint density at radius 2 is 1.78 bits per heavy atom. The summed E-state index contributed by atoms with van der Waals surface area (Å²) in [6.45, 7) is 3.50. The van der Waals surface area contributed by atoms with E-state index in [1.165, 1.54) is 48.9 Å². The molecule has 0 aliphatic carbocycles. The van der Waals surface area contributed by atoms with Crippen molar-refractivity contribution in [3.63, 3.8) is 0 Å². The van der Waals surface area contributed by atoms with Crippen molar-refractivity contribution in [1.82, 2.24) is 9.88 Å². The zero-order valence-electron chi connectivity index (χ0n) is 16.1. The predicted octanol–water partition coefficient (Wildman–Crippen LogP) is 5.09. The number of fused-ring (bicyclic) bond motifs is 1. The van der Waals surface area contributed by atoms with Gasteiger partial charge in [-0.25, -0.2) is 4.98 Å². The highest BCUT2D eigenvalue weighted by molar-refractivity contribution is 5.82. The lowest BCUT2D eigenvalue weighted by molar-refractivity contribution is 0.172. The highest BCUT2D eigenvalue weighted by Gasteiger charge is 2.19. The third-order valence-electron chi connectivity index (χ3n) is 5.77. The number of methoxy groups -OCH3 is 1. The molecule has 140 valence electrons. The molecule has 3 nitrogen and oxygen atoms in total. The fourth-order valence-electron chi connectivity index (χ4n) is 4.14. The minimum absolute atomic E-state index is 0.698. The van der Waals surface area contributed by atoms with Crippen LogP contribution in [0.5, 0.6) is 5.88 Å². The van der Waals surface area contributed by atoms with Gasteiger partial charge in [-0.3, -0.25) is 4.90 Å². The molecule has 2 aromatic carbocycles. The van der Waals surface area contributed by atoms with E-state index < -0.39 is 0 Å². The summed E-state index contributed by atoms with van der Waals surface area (Å²) in [6, 6.07) is 21.4. The standard InChI is InChI=1S/C24H28N2O/c1-27-23-13-12-22-9-5-8-21(24(22)25-23)11-10-19-14-16-26(17-15-19)18-20-6-3-2-4-7-20/h2-9,12-13,19H,10-11,14-18H2,1H3. The molecule has 2 heterocycles. The van der Waals surface area contributed by atoms with Gasteiger partial charge in [0.25, 0.3) is 0 Å². The Bertz CT molecular complexity index is 870. The van der Waals surface area contributed by atoms with Gasteiger partial charge in [0.1, 0.15) is 0 Å². The fraction of sp³-hybridized carbons (Fsp3) is 0.375. The van der Waals surface area contributed by atoms with E-state index in [1.807, 2.05) is 6.07 Å². The van der Waals surface area contributed by atoms with Gasteiger partial charge in [0.2, 0.25) is 5.88 Å². The number of benzene rings is 2. The van der Waals surface area contributed by atoms with E-state index in [9.17, 15) is 0 Å². The summed E-state index contributed by atoms with van der Waals surface area (Å²) in [5.41, 5.74) is 3.86. The second-order valence-electron chi connectivity index (χ2n) is 7.59. The lowest BCUT2D eigenvalue weighted by atomic mass is 9.90. The van der Waals surface area contributed by atoms with Gasteiger partial charge in [-0.15, -0.1) is 0 Å². The zero-order chi connectivity index (χ0) is 18.5. The Balaban J connectivity index is 1.33. The van der Waals surface area contributed by atoms with Crippen LogP contribution in [-0.4, -0.2) is 30.1 Å². The molecule has 0 atom stereocenters. The van der Waals surface area contributed by atoms with E-state index in [0.717, 1.165) is 24.4 Å². The molecule has 1 aliphatic heterocycles. The Kier molecular flexibility index (Phi) is 5.69. The third kappa shape index (κ3) is 4.48. The van der Waals surface area contributed by atoms with Crippen molar-refractivity contribution in [2.24, 2.45) is 5.92 Å². The van der Waals surface area contributed by atoms with Crippen molar-refractivity contribution in [3.8, 4) is 5.88 Å². The van der Waals surface area contributed by atoms with Crippen LogP contribution in [-0.2, 0) is 13.0 Å². The van der Waals surface area contributed by atoms with E-state index >= 15 is 0 Å². The van der Waals surface area contributed by atoms with Gasteiger partial charge in [-0.05, 0) is 61.9 Å². The van der Waals surface area contributed by atoms with E-state index in [0.29, 0.717) is 5.88 Å². The Morgan fingerprint density at radius 1 is 0.963 bits per heavy atom. The molecule has 1 saturated heterocycles. The molecule has 4 rings (SSSR count). The zero-order valence-corrected chi connectivity index (χ0v) is 16.1. The van der Waals surface area contributed by atoms with Crippen molar-refractivity contribution in [3.05, 3.63) is 71.8 Å². The largest absolute Gasteiger partial charge is 0.481 e. The number of piperidine rings is 1. The van der Waals surface area contributed by atoms with Gasteiger partial charge in [0.05, 0.1) is 12.6 Å². The molecule has 3 aromatic rings. The molecule has 0 radical (unpaired) electrons. The second kappa shape index (κ2) is 8.53. The maximum atomic E-state index is 5.32. The van der Waals surface area contributed by atoms with Crippen LogP contribution in [0.3, 0.4) is 0 Å². The van der Waals surface area contributed by atoms with Crippen LogP contribution in [0.4, 0.5) is 0 Å². The van der Waals surface area contributed by atoms with Gasteiger partial charge in [-0.1, -0.05) is 48.5 Å². The summed E-state index contributed by atoms with van der Waals surface area (Å²) in [5, 5.41) is 1.20. The monoisotopic (exact) mass is 360 g/mol. The minimum Gasteiger partial charge on any atom is -0.481 e. The molecule has 0 bridgehead atoms. The summed E-state index contributed by atoms with van der Waals surface area (Å²) in [7, 11) is 1.68. The number of aryl methyl sites for hydroxylation is 1. The molecule has 1 aromatic heterocycles. The van der Waals surface area contributed by atoms with Crippen LogP contribution in [0.15, 0.2) is 60.7 Å². The molecule has 27 heavy (non-hydrogen) atoms. The normalized spacial score (nSPS) is 15.9. The average Bonchev–Trinajstić information content (AvgIpc) is 2.73. The molecule has 0 amide bonds. The summed E-state index contributed by atoms with van der Waals surface area (Å²) >= 11 is 0. The van der Waals surface area contributed by atoms with Gasteiger partial charge in [0.15, 0.2) is 0 Å². The number of nitrogens with zero attached hydrogens (tertiary/aromatic N) is 2. The van der Waals surface area contributed by atoms with E-state index in [1.54, 1.807) is 7.11 Å². The predicted molar refractivity (Wildman–Crippen MR) is 111 cm³/mol. The summed E-state index contributed by atoms with van der Waals surface area (Å²) in [6.07, 6.45) is 4.95. The first-order valence-electron chi connectivity index (χ1n) is 10.0. The van der Waals surface area contributed by atoms with Gasteiger partial charge < -0.3 is 4.74 Å². The van der Waals surface area contributed by atoms with Crippen LogP contribution < -0.4 is 4.74 Å². The van der Waals surface area contributed by atoms with Crippen molar-refractivity contribution in [2.45, 2.75) is 32.2 Å². The Labute approximate surface area is 162 Å². The van der Waals surface area contributed by atoms with Crippen molar-refractivity contribution in [2.75, 3.05) is 20.2 Å². The minimum atomic E-state index is 0.698.